The number of primary amides is 1. The summed E-state index contributed by atoms with van der Waals surface area (Å²) in [5, 5.41) is 0. The van der Waals surface area contributed by atoms with Crippen molar-refractivity contribution < 1.29 is 18.0 Å². The molecular weight excluding hydrogens is 256 g/mol. The van der Waals surface area contributed by atoms with Gasteiger partial charge in [-0.1, -0.05) is 0 Å². The first-order valence-corrected chi connectivity index (χ1v) is 6.77. The highest BCUT2D eigenvalue weighted by molar-refractivity contribution is 7.92. The van der Waals surface area contributed by atoms with E-state index in [9.17, 15) is 18.0 Å². The Labute approximate surface area is 105 Å². The highest BCUT2D eigenvalue weighted by Crippen LogP contribution is 2.11. The summed E-state index contributed by atoms with van der Waals surface area (Å²) in [6.07, 6.45) is 3.05. The molecule has 1 aromatic carbocycles. The number of hydrogen-bond acceptors (Lipinski definition) is 4. The van der Waals surface area contributed by atoms with E-state index < -0.39 is 15.9 Å². The van der Waals surface area contributed by atoms with Gasteiger partial charge in [0.2, 0.25) is 15.9 Å². The number of anilines is 1. The van der Waals surface area contributed by atoms with Gasteiger partial charge in [0.1, 0.15) is 0 Å². The van der Waals surface area contributed by atoms with Crippen LogP contribution >= 0.6 is 0 Å². The summed E-state index contributed by atoms with van der Waals surface area (Å²) in [5.41, 5.74) is 5.54. The number of ketones is 1. The number of hydrogen-bond donors (Lipinski definition) is 2. The van der Waals surface area contributed by atoms with Gasteiger partial charge in [-0.2, -0.15) is 0 Å². The number of rotatable bonds is 5. The summed E-state index contributed by atoms with van der Waals surface area (Å²) in [7, 11) is -3.34. The number of carbonyl (C=O) groups excluding carboxylic acids is 2. The van der Waals surface area contributed by atoms with E-state index in [2.05, 4.69) is 4.72 Å². The number of benzene rings is 1. The lowest BCUT2D eigenvalue weighted by atomic mass is 10.1. The normalized spacial score (nSPS) is 11.4. The van der Waals surface area contributed by atoms with Crippen LogP contribution in [0.3, 0.4) is 0 Å². The van der Waals surface area contributed by atoms with Crippen molar-refractivity contribution in [3.63, 3.8) is 0 Å². The van der Waals surface area contributed by atoms with Crippen LogP contribution in [-0.2, 0) is 14.8 Å². The molecular formula is C11H12N2O4S. The van der Waals surface area contributed by atoms with Crippen molar-refractivity contribution in [2.75, 3.05) is 11.0 Å². The lowest BCUT2D eigenvalue weighted by Crippen LogP contribution is -2.09. The standard InChI is InChI=1S/C11H12N2O4S/c1-18(16,17)13-9-4-2-8(3-5-9)10(14)6-7-11(12)15/h2-7,13H,1H3,(H2,12,15)/b7-6-. The SMILES string of the molecule is CS(=O)(=O)Nc1ccc(C(=O)/C=C\C(N)=O)cc1. The Kier molecular flexibility index (Phi) is 4.22. The molecule has 0 aromatic heterocycles. The summed E-state index contributed by atoms with van der Waals surface area (Å²) in [6.45, 7) is 0. The molecule has 0 saturated carbocycles. The van der Waals surface area contributed by atoms with Gasteiger partial charge in [0.15, 0.2) is 5.78 Å². The van der Waals surface area contributed by atoms with Crippen molar-refractivity contribution in [1.29, 1.82) is 0 Å². The molecule has 0 heterocycles. The van der Waals surface area contributed by atoms with Gasteiger partial charge in [0, 0.05) is 17.3 Å². The fourth-order valence-electron chi connectivity index (χ4n) is 1.17. The molecule has 0 radical (unpaired) electrons. The molecule has 6 nitrogen and oxygen atoms in total. The summed E-state index contributed by atoms with van der Waals surface area (Å²) >= 11 is 0. The van der Waals surface area contributed by atoms with E-state index >= 15 is 0 Å². The summed E-state index contributed by atoms with van der Waals surface area (Å²) < 4.78 is 24.2. The van der Waals surface area contributed by atoms with E-state index in [4.69, 9.17) is 5.73 Å². The predicted octanol–water partition coefficient (Wildman–Crippen LogP) is 0.282. The van der Waals surface area contributed by atoms with E-state index in [1.807, 2.05) is 0 Å². The molecule has 0 aliphatic carbocycles. The topological polar surface area (TPSA) is 106 Å². The average molecular weight is 268 g/mol. The average Bonchev–Trinajstić information content (AvgIpc) is 2.24. The van der Waals surface area contributed by atoms with Crippen molar-refractivity contribution in [1.82, 2.24) is 0 Å². The van der Waals surface area contributed by atoms with Crippen LogP contribution in [0.15, 0.2) is 36.4 Å². The Morgan fingerprint density at radius 1 is 1.17 bits per heavy atom. The van der Waals surface area contributed by atoms with Crippen molar-refractivity contribution in [3.05, 3.63) is 42.0 Å². The number of sulfonamides is 1. The molecule has 1 rings (SSSR count). The fourth-order valence-corrected chi connectivity index (χ4v) is 1.73. The molecule has 3 N–H and O–H groups in total. The Balaban J connectivity index is 2.83. The highest BCUT2D eigenvalue weighted by Gasteiger charge is 2.04. The van der Waals surface area contributed by atoms with E-state index in [0.29, 0.717) is 11.3 Å². The summed E-state index contributed by atoms with van der Waals surface area (Å²) in [6, 6.07) is 5.79. The van der Waals surface area contributed by atoms with Crippen LogP contribution in [0.25, 0.3) is 0 Å². The number of carbonyl (C=O) groups is 2. The smallest absolute Gasteiger partial charge is 0.241 e. The fraction of sp³-hybridized carbons (Fsp3) is 0.0909. The summed E-state index contributed by atoms with van der Waals surface area (Å²) in [5.74, 6) is -1.10. The second-order valence-corrected chi connectivity index (χ2v) is 5.30. The molecule has 7 heteroatoms. The van der Waals surface area contributed by atoms with E-state index in [1.165, 1.54) is 24.3 Å². The van der Waals surface area contributed by atoms with Crippen molar-refractivity contribution in [2.24, 2.45) is 5.73 Å². The zero-order chi connectivity index (χ0) is 13.8. The third-order valence-electron chi connectivity index (χ3n) is 1.87. The lowest BCUT2D eigenvalue weighted by Gasteiger charge is -2.03. The maximum atomic E-state index is 11.5. The minimum Gasteiger partial charge on any atom is -0.366 e. The molecule has 0 atom stereocenters. The van der Waals surface area contributed by atoms with Gasteiger partial charge in [0.25, 0.3) is 0 Å². The molecule has 0 spiro atoms. The molecule has 1 amide bonds. The minimum atomic E-state index is -3.34. The van der Waals surface area contributed by atoms with Gasteiger partial charge in [0.05, 0.1) is 6.26 Å². The number of nitrogens with two attached hydrogens (primary N) is 1. The van der Waals surface area contributed by atoms with E-state index in [-0.39, 0.29) is 5.78 Å². The molecule has 96 valence electrons. The third-order valence-corrected chi connectivity index (χ3v) is 2.48. The summed E-state index contributed by atoms with van der Waals surface area (Å²) in [4.78, 5) is 22.0. The van der Waals surface area contributed by atoms with Gasteiger partial charge < -0.3 is 5.73 Å². The van der Waals surface area contributed by atoms with Gasteiger partial charge in [-0.25, -0.2) is 8.42 Å². The van der Waals surface area contributed by atoms with Gasteiger partial charge in [-0.05, 0) is 30.3 Å². The molecule has 18 heavy (non-hydrogen) atoms. The number of allylic oxidation sites excluding steroid dienone is 1. The molecule has 0 aliphatic heterocycles. The maximum Gasteiger partial charge on any atom is 0.241 e. The predicted molar refractivity (Wildman–Crippen MR) is 67.6 cm³/mol. The Hall–Kier alpha value is -2.15. The van der Waals surface area contributed by atoms with E-state index in [1.54, 1.807) is 0 Å². The van der Waals surface area contributed by atoms with Crippen molar-refractivity contribution in [2.45, 2.75) is 0 Å². The monoisotopic (exact) mass is 268 g/mol. The largest absolute Gasteiger partial charge is 0.366 e. The van der Waals surface area contributed by atoms with Gasteiger partial charge in [-0.15, -0.1) is 0 Å². The lowest BCUT2D eigenvalue weighted by molar-refractivity contribution is -0.113. The van der Waals surface area contributed by atoms with Crippen LogP contribution in [0.5, 0.6) is 0 Å². The molecule has 0 saturated heterocycles. The zero-order valence-corrected chi connectivity index (χ0v) is 10.4. The van der Waals surface area contributed by atoms with Crippen LogP contribution in [0, 0.1) is 0 Å². The van der Waals surface area contributed by atoms with Crippen LogP contribution < -0.4 is 10.5 Å². The van der Waals surface area contributed by atoms with Crippen molar-refractivity contribution in [3.8, 4) is 0 Å². The highest BCUT2D eigenvalue weighted by atomic mass is 32.2. The van der Waals surface area contributed by atoms with Gasteiger partial charge >= 0.3 is 0 Å². The Bertz CT molecular complexity index is 588. The van der Waals surface area contributed by atoms with Crippen molar-refractivity contribution >= 4 is 27.4 Å². The van der Waals surface area contributed by atoms with Gasteiger partial charge in [-0.3, -0.25) is 14.3 Å². The van der Waals surface area contributed by atoms with E-state index in [0.717, 1.165) is 18.4 Å². The second kappa shape index (κ2) is 5.46. The number of nitrogens with one attached hydrogen (secondary N) is 1. The first-order chi connectivity index (χ1) is 8.28. The van der Waals surface area contributed by atoms with Crippen LogP contribution in [-0.4, -0.2) is 26.4 Å². The molecule has 0 bridgehead atoms. The van der Waals surface area contributed by atoms with Crippen LogP contribution in [0.2, 0.25) is 0 Å². The minimum absolute atomic E-state index is 0.326. The first-order valence-electron chi connectivity index (χ1n) is 4.87. The number of amides is 1. The Morgan fingerprint density at radius 3 is 2.17 bits per heavy atom. The molecule has 0 aliphatic rings. The zero-order valence-electron chi connectivity index (χ0n) is 9.58. The second-order valence-electron chi connectivity index (χ2n) is 3.55. The molecule has 0 unspecified atom stereocenters. The van der Waals surface area contributed by atoms with Crippen LogP contribution in [0.1, 0.15) is 10.4 Å². The maximum absolute atomic E-state index is 11.5. The Morgan fingerprint density at radius 2 is 1.72 bits per heavy atom. The third kappa shape index (κ3) is 4.79. The first kappa shape index (κ1) is 13.9. The molecule has 1 aromatic rings. The quantitative estimate of drug-likeness (QED) is 0.591. The molecule has 0 fully saturated rings. The van der Waals surface area contributed by atoms with Crippen LogP contribution in [0.4, 0.5) is 5.69 Å².